The summed E-state index contributed by atoms with van der Waals surface area (Å²) in [6.07, 6.45) is 62.7. The van der Waals surface area contributed by atoms with Crippen molar-refractivity contribution in [2.45, 2.75) is 321 Å². The van der Waals surface area contributed by atoms with Crippen molar-refractivity contribution in [2.24, 2.45) is 0 Å². The van der Waals surface area contributed by atoms with E-state index in [4.69, 9.17) is 9.05 Å². The van der Waals surface area contributed by atoms with Crippen LogP contribution in [-0.4, -0.2) is 73.4 Å². The molecule has 0 aromatic heterocycles. The van der Waals surface area contributed by atoms with Gasteiger partial charge >= 0.3 is 7.82 Å². The molecule has 3 unspecified atom stereocenters. The SMILES string of the molecule is CCCCCCCCCCCCCC/C=C\CCCCCCCCCCC(=O)NC(COP(=O)(O)OCC[N+](C)(C)C)C(O)CCCCCCCCCCCCCCCCCCCCCCCC. The lowest BCUT2D eigenvalue weighted by Crippen LogP contribution is -2.46. The Bertz CT molecular complexity index is 1120. The predicted molar refractivity (Wildman–Crippen MR) is 295 cm³/mol. The Morgan fingerprint density at radius 3 is 1.13 bits per heavy atom. The number of hydrogen-bond donors (Lipinski definition) is 3. The van der Waals surface area contributed by atoms with E-state index in [0.29, 0.717) is 23.9 Å². The van der Waals surface area contributed by atoms with E-state index in [1.165, 1.54) is 244 Å². The van der Waals surface area contributed by atoms with Gasteiger partial charge in [-0.1, -0.05) is 276 Å². The van der Waals surface area contributed by atoms with Crippen LogP contribution in [0.1, 0.15) is 309 Å². The molecule has 406 valence electrons. The molecule has 0 bridgehead atoms. The molecular weight excluding hydrogens is 864 g/mol. The van der Waals surface area contributed by atoms with Gasteiger partial charge in [0.05, 0.1) is 39.9 Å². The Kier molecular flexibility index (Phi) is 50.6. The van der Waals surface area contributed by atoms with Gasteiger partial charge in [-0.05, 0) is 38.5 Å². The third-order valence-corrected chi connectivity index (χ3v) is 15.0. The Morgan fingerprint density at radius 2 is 0.794 bits per heavy atom. The highest BCUT2D eigenvalue weighted by atomic mass is 31.2. The first-order chi connectivity index (χ1) is 33.0. The average Bonchev–Trinajstić information content (AvgIpc) is 3.30. The molecule has 0 rings (SSSR count). The number of phosphoric acid groups is 1. The zero-order valence-corrected chi connectivity index (χ0v) is 47.3. The van der Waals surface area contributed by atoms with Gasteiger partial charge in [0, 0.05) is 6.42 Å². The van der Waals surface area contributed by atoms with Crippen molar-refractivity contribution in [3.8, 4) is 0 Å². The topological polar surface area (TPSA) is 105 Å². The molecule has 1 amide bonds. The Morgan fingerprint density at radius 1 is 0.485 bits per heavy atom. The second-order valence-electron chi connectivity index (χ2n) is 22.1. The molecule has 3 atom stereocenters. The molecule has 3 N–H and O–H groups in total. The van der Waals surface area contributed by atoms with Crippen LogP contribution in [0.15, 0.2) is 12.2 Å². The van der Waals surface area contributed by atoms with Crippen LogP contribution in [0, 0.1) is 0 Å². The summed E-state index contributed by atoms with van der Waals surface area (Å²) < 4.78 is 23.8. The molecule has 0 saturated carbocycles. The van der Waals surface area contributed by atoms with E-state index in [9.17, 15) is 19.4 Å². The number of carbonyl (C=O) groups excluding carboxylic acids is 1. The molecule has 0 saturated heterocycles. The summed E-state index contributed by atoms with van der Waals surface area (Å²) in [5.74, 6) is -0.141. The van der Waals surface area contributed by atoms with E-state index in [-0.39, 0.29) is 19.1 Å². The van der Waals surface area contributed by atoms with Crippen molar-refractivity contribution >= 4 is 13.7 Å². The fourth-order valence-corrected chi connectivity index (χ4v) is 10.0. The van der Waals surface area contributed by atoms with Gasteiger partial charge in [-0.15, -0.1) is 0 Å². The van der Waals surface area contributed by atoms with Crippen molar-refractivity contribution in [3.63, 3.8) is 0 Å². The van der Waals surface area contributed by atoms with E-state index in [1.807, 2.05) is 21.1 Å². The minimum atomic E-state index is -4.32. The molecular formula is C59H120N2O6P+. The molecule has 0 aliphatic rings. The van der Waals surface area contributed by atoms with E-state index in [1.54, 1.807) is 0 Å². The number of nitrogens with zero attached hydrogens (tertiary/aromatic N) is 1. The van der Waals surface area contributed by atoms with E-state index in [0.717, 1.165) is 38.5 Å². The Hall–Kier alpha value is -0.760. The van der Waals surface area contributed by atoms with E-state index >= 15 is 0 Å². The third-order valence-electron chi connectivity index (χ3n) is 14.0. The van der Waals surface area contributed by atoms with Gasteiger partial charge in [0.2, 0.25) is 5.91 Å². The normalized spacial score (nSPS) is 13.9. The predicted octanol–water partition coefficient (Wildman–Crippen LogP) is 18.2. The summed E-state index contributed by atoms with van der Waals surface area (Å²) in [4.78, 5) is 23.4. The zero-order valence-electron chi connectivity index (χ0n) is 46.4. The van der Waals surface area contributed by atoms with Crippen LogP contribution < -0.4 is 5.32 Å². The summed E-state index contributed by atoms with van der Waals surface area (Å²) in [6, 6.07) is -0.760. The van der Waals surface area contributed by atoms with Crippen molar-refractivity contribution in [2.75, 3.05) is 40.9 Å². The number of unbranched alkanes of at least 4 members (excludes halogenated alkanes) is 41. The summed E-state index contributed by atoms with van der Waals surface area (Å²) in [7, 11) is 1.63. The fraction of sp³-hybridized carbons (Fsp3) is 0.949. The highest BCUT2D eigenvalue weighted by Gasteiger charge is 2.28. The minimum absolute atomic E-state index is 0.0766. The van der Waals surface area contributed by atoms with Crippen molar-refractivity contribution in [3.05, 3.63) is 12.2 Å². The molecule has 8 nitrogen and oxygen atoms in total. The standard InChI is InChI=1S/C59H119N2O6P/c1-6-8-10-12-14-16-18-20-22-24-26-28-30-31-33-35-37-39-41-43-45-47-49-51-53-59(63)60-57(56-67-68(64,65)66-55-54-61(3,4)5)58(62)52-50-48-46-44-42-40-38-36-34-32-29-27-25-23-21-19-17-15-13-11-9-7-2/h31,33,57-58,62H,6-30,32,34-56H2,1-5H3,(H-,60,63,64,65)/p+1/b33-31-. The van der Waals surface area contributed by atoms with Crippen molar-refractivity contribution < 1.29 is 32.9 Å². The first-order valence-corrected chi connectivity index (χ1v) is 31.5. The number of nitrogens with one attached hydrogen (secondary N) is 1. The maximum Gasteiger partial charge on any atom is 0.472 e. The van der Waals surface area contributed by atoms with Crippen LogP contribution in [0.25, 0.3) is 0 Å². The number of aliphatic hydroxyl groups is 1. The number of allylic oxidation sites excluding steroid dienone is 2. The number of quaternary nitrogens is 1. The monoisotopic (exact) mass is 984 g/mol. The van der Waals surface area contributed by atoms with Crippen LogP contribution in [0.2, 0.25) is 0 Å². The number of rotatable bonds is 56. The smallest absolute Gasteiger partial charge is 0.391 e. The van der Waals surface area contributed by atoms with Gasteiger partial charge in [0.1, 0.15) is 13.2 Å². The van der Waals surface area contributed by atoms with Gasteiger partial charge in [0.15, 0.2) is 0 Å². The summed E-state index contributed by atoms with van der Waals surface area (Å²) in [5, 5.41) is 14.1. The van der Waals surface area contributed by atoms with Gasteiger partial charge < -0.3 is 19.8 Å². The Labute approximate surface area is 424 Å². The minimum Gasteiger partial charge on any atom is -0.391 e. The van der Waals surface area contributed by atoms with Crippen LogP contribution in [-0.2, 0) is 18.4 Å². The number of carbonyl (C=O) groups is 1. The lowest BCUT2D eigenvalue weighted by Gasteiger charge is -2.26. The van der Waals surface area contributed by atoms with E-state index in [2.05, 4.69) is 31.3 Å². The van der Waals surface area contributed by atoms with Gasteiger partial charge in [0.25, 0.3) is 0 Å². The van der Waals surface area contributed by atoms with Gasteiger partial charge in [-0.2, -0.15) is 0 Å². The van der Waals surface area contributed by atoms with Crippen LogP contribution >= 0.6 is 7.82 Å². The molecule has 0 heterocycles. The Balaban J connectivity index is 4.13. The lowest BCUT2D eigenvalue weighted by atomic mass is 10.0. The van der Waals surface area contributed by atoms with E-state index < -0.39 is 20.0 Å². The molecule has 0 fully saturated rings. The summed E-state index contributed by atoms with van der Waals surface area (Å²) in [6.45, 7) is 4.94. The van der Waals surface area contributed by atoms with Crippen LogP contribution in [0.5, 0.6) is 0 Å². The highest BCUT2D eigenvalue weighted by Crippen LogP contribution is 2.43. The second kappa shape index (κ2) is 51.2. The quantitative estimate of drug-likeness (QED) is 0.0243. The molecule has 0 aliphatic carbocycles. The first kappa shape index (κ1) is 67.2. The molecule has 68 heavy (non-hydrogen) atoms. The number of likely N-dealkylation sites (N-methyl/N-ethyl adjacent to an activating group) is 1. The third kappa shape index (κ3) is 53.0. The highest BCUT2D eigenvalue weighted by molar-refractivity contribution is 7.47. The van der Waals surface area contributed by atoms with Crippen LogP contribution in [0.3, 0.4) is 0 Å². The number of phosphoric ester groups is 1. The number of amides is 1. The number of aliphatic hydroxyl groups excluding tert-OH is 1. The largest absolute Gasteiger partial charge is 0.472 e. The molecule has 9 heteroatoms. The molecule has 0 aromatic rings. The lowest BCUT2D eigenvalue weighted by molar-refractivity contribution is -0.870. The van der Waals surface area contributed by atoms with Gasteiger partial charge in [-0.3, -0.25) is 13.8 Å². The molecule has 0 aliphatic heterocycles. The molecule has 0 aromatic carbocycles. The second-order valence-corrected chi connectivity index (χ2v) is 23.5. The van der Waals surface area contributed by atoms with Crippen molar-refractivity contribution in [1.82, 2.24) is 5.32 Å². The average molecular weight is 985 g/mol. The van der Waals surface area contributed by atoms with Crippen LogP contribution in [0.4, 0.5) is 0 Å². The maximum absolute atomic E-state index is 13.0. The first-order valence-electron chi connectivity index (χ1n) is 30.1. The number of hydrogen-bond acceptors (Lipinski definition) is 5. The fourth-order valence-electron chi connectivity index (χ4n) is 9.28. The maximum atomic E-state index is 13.0. The summed E-state index contributed by atoms with van der Waals surface area (Å²) >= 11 is 0. The molecule has 0 radical (unpaired) electrons. The van der Waals surface area contributed by atoms with Crippen molar-refractivity contribution in [1.29, 1.82) is 0 Å². The van der Waals surface area contributed by atoms with Gasteiger partial charge in [-0.25, -0.2) is 4.57 Å². The molecule has 0 spiro atoms. The zero-order chi connectivity index (χ0) is 49.9. The summed E-state index contributed by atoms with van der Waals surface area (Å²) in [5.41, 5.74) is 0.